The first kappa shape index (κ1) is 15.7. The molecule has 1 aliphatic heterocycles. The third-order valence-corrected chi connectivity index (χ3v) is 5.71. The summed E-state index contributed by atoms with van der Waals surface area (Å²) < 4.78 is 31.9. The molecule has 112 valence electrons. The van der Waals surface area contributed by atoms with Crippen molar-refractivity contribution >= 4 is 21.6 Å². The maximum absolute atomic E-state index is 12.6. The van der Waals surface area contributed by atoms with Gasteiger partial charge in [-0.05, 0) is 30.5 Å². The Morgan fingerprint density at radius 3 is 2.85 bits per heavy atom. The summed E-state index contributed by atoms with van der Waals surface area (Å²) in [6.07, 6.45) is 1.82. The Morgan fingerprint density at radius 2 is 2.25 bits per heavy atom. The summed E-state index contributed by atoms with van der Waals surface area (Å²) >= 11 is 6.02. The number of ether oxygens (including phenoxy) is 1. The Balaban J connectivity index is 2.24. The van der Waals surface area contributed by atoms with E-state index in [0.29, 0.717) is 13.2 Å². The van der Waals surface area contributed by atoms with E-state index in [9.17, 15) is 8.42 Å². The van der Waals surface area contributed by atoms with E-state index < -0.39 is 10.0 Å². The first-order valence-corrected chi connectivity index (χ1v) is 8.33. The van der Waals surface area contributed by atoms with Crippen molar-refractivity contribution in [1.29, 1.82) is 0 Å². The lowest BCUT2D eigenvalue weighted by molar-refractivity contribution is 0.0979. The van der Waals surface area contributed by atoms with Crippen LogP contribution in [0, 0.1) is 0 Å². The molecule has 2 N–H and O–H groups in total. The van der Waals surface area contributed by atoms with E-state index in [1.807, 2.05) is 0 Å². The number of likely N-dealkylation sites (N-methyl/N-ethyl adjacent to an activating group) is 1. The summed E-state index contributed by atoms with van der Waals surface area (Å²) in [6, 6.07) is 4.82. The van der Waals surface area contributed by atoms with Gasteiger partial charge in [0.15, 0.2) is 0 Å². The highest BCUT2D eigenvalue weighted by Crippen LogP contribution is 2.26. The molecule has 1 aliphatic rings. The van der Waals surface area contributed by atoms with Gasteiger partial charge < -0.3 is 10.5 Å². The molecule has 1 atom stereocenters. The Labute approximate surface area is 124 Å². The summed E-state index contributed by atoms with van der Waals surface area (Å²) in [5.74, 6) is 0. The van der Waals surface area contributed by atoms with E-state index in [1.165, 1.54) is 10.4 Å². The van der Waals surface area contributed by atoms with Gasteiger partial charge in [-0.2, -0.15) is 4.31 Å². The number of sulfonamides is 1. The van der Waals surface area contributed by atoms with Crippen molar-refractivity contribution < 1.29 is 13.2 Å². The van der Waals surface area contributed by atoms with Crippen molar-refractivity contribution in [1.82, 2.24) is 4.31 Å². The molecule has 20 heavy (non-hydrogen) atoms. The molecule has 0 aliphatic carbocycles. The van der Waals surface area contributed by atoms with Gasteiger partial charge in [-0.1, -0.05) is 17.7 Å². The monoisotopic (exact) mass is 318 g/mol. The van der Waals surface area contributed by atoms with Crippen molar-refractivity contribution in [2.75, 3.05) is 20.2 Å². The Hall–Kier alpha value is -0.660. The lowest BCUT2D eigenvalue weighted by Gasteiger charge is -2.21. The third kappa shape index (κ3) is 3.32. The van der Waals surface area contributed by atoms with Gasteiger partial charge in [0.1, 0.15) is 4.90 Å². The van der Waals surface area contributed by atoms with E-state index >= 15 is 0 Å². The molecule has 0 bridgehead atoms. The van der Waals surface area contributed by atoms with Crippen LogP contribution >= 0.6 is 11.6 Å². The van der Waals surface area contributed by atoms with Gasteiger partial charge in [0.25, 0.3) is 0 Å². The molecule has 0 spiro atoms. The predicted octanol–water partition coefficient (Wildman–Crippen LogP) is 1.60. The highest BCUT2D eigenvalue weighted by molar-refractivity contribution is 7.89. The Bertz CT molecular complexity index is 571. The first-order valence-electron chi connectivity index (χ1n) is 6.51. The number of rotatable bonds is 5. The fourth-order valence-electron chi connectivity index (χ4n) is 2.21. The molecule has 0 amide bonds. The van der Waals surface area contributed by atoms with Crippen LogP contribution in [0.2, 0.25) is 5.02 Å². The third-order valence-electron chi connectivity index (χ3n) is 3.40. The van der Waals surface area contributed by atoms with Crippen LogP contribution in [0.4, 0.5) is 0 Å². The van der Waals surface area contributed by atoms with Crippen LogP contribution in [-0.4, -0.2) is 39.0 Å². The van der Waals surface area contributed by atoms with E-state index in [-0.39, 0.29) is 22.6 Å². The molecule has 1 fully saturated rings. The fourth-order valence-corrected chi connectivity index (χ4v) is 3.94. The second-order valence-electron chi connectivity index (χ2n) is 4.89. The minimum atomic E-state index is -3.62. The van der Waals surface area contributed by atoms with Gasteiger partial charge in [0.2, 0.25) is 10.0 Å². The average molecular weight is 319 g/mol. The molecule has 0 saturated carbocycles. The van der Waals surface area contributed by atoms with E-state index in [2.05, 4.69) is 0 Å². The summed E-state index contributed by atoms with van der Waals surface area (Å²) in [6.45, 7) is 1.31. The summed E-state index contributed by atoms with van der Waals surface area (Å²) in [7, 11) is -2.08. The zero-order valence-electron chi connectivity index (χ0n) is 11.4. The van der Waals surface area contributed by atoms with Crippen LogP contribution in [0.5, 0.6) is 0 Å². The van der Waals surface area contributed by atoms with Gasteiger partial charge in [0, 0.05) is 26.7 Å². The molecule has 5 nitrogen and oxygen atoms in total. The number of nitrogens with zero attached hydrogens (tertiary/aromatic N) is 1. The number of hydrogen-bond acceptors (Lipinski definition) is 4. The molecule has 2 rings (SSSR count). The van der Waals surface area contributed by atoms with Crippen molar-refractivity contribution in [2.24, 2.45) is 5.73 Å². The molecular formula is C13H19ClN2O3S. The molecular weight excluding hydrogens is 300 g/mol. The first-order chi connectivity index (χ1) is 9.45. The lowest BCUT2D eigenvalue weighted by atomic mass is 10.2. The minimum absolute atomic E-state index is 0.0359. The van der Waals surface area contributed by atoms with Crippen LogP contribution in [0.25, 0.3) is 0 Å². The SMILES string of the molecule is CN(CC1CCCO1)S(=O)(=O)c1cc(CN)ccc1Cl. The van der Waals surface area contributed by atoms with Crippen LogP contribution in [0.1, 0.15) is 18.4 Å². The van der Waals surface area contributed by atoms with Gasteiger partial charge in [-0.25, -0.2) is 8.42 Å². The second kappa shape index (κ2) is 6.41. The topological polar surface area (TPSA) is 72.6 Å². The predicted molar refractivity (Wildman–Crippen MR) is 78.1 cm³/mol. The molecule has 1 saturated heterocycles. The maximum atomic E-state index is 12.6. The zero-order valence-corrected chi connectivity index (χ0v) is 13.0. The van der Waals surface area contributed by atoms with Crippen LogP contribution in [0.3, 0.4) is 0 Å². The Kier molecular flexibility index (Phi) is 5.04. The number of hydrogen-bond donors (Lipinski definition) is 1. The molecule has 0 radical (unpaired) electrons. The highest BCUT2D eigenvalue weighted by atomic mass is 35.5. The van der Waals surface area contributed by atoms with Crippen molar-refractivity contribution in [3.05, 3.63) is 28.8 Å². The maximum Gasteiger partial charge on any atom is 0.244 e. The number of benzene rings is 1. The molecule has 1 unspecified atom stereocenters. The Morgan fingerprint density at radius 1 is 1.50 bits per heavy atom. The van der Waals surface area contributed by atoms with E-state index in [4.69, 9.17) is 22.1 Å². The number of halogens is 1. The van der Waals surface area contributed by atoms with Gasteiger partial charge >= 0.3 is 0 Å². The molecule has 7 heteroatoms. The van der Waals surface area contributed by atoms with Crippen molar-refractivity contribution in [2.45, 2.75) is 30.4 Å². The zero-order chi connectivity index (χ0) is 14.8. The van der Waals surface area contributed by atoms with E-state index in [1.54, 1.807) is 19.2 Å². The quantitative estimate of drug-likeness (QED) is 0.895. The normalized spacial score (nSPS) is 19.7. The molecule has 0 aromatic heterocycles. The van der Waals surface area contributed by atoms with Crippen LogP contribution < -0.4 is 5.73 Å². The second-order valence-corrected chi connectivity index (χ2v) is 7.31. The fraction of sp³-hybridized carbons (Fsp3) is 0.538. The van der Waals surface area contributed by atoms with Crippen LogP contribution in [-0.2, 0) is 21.3 Å². The summed E-state index contributed by atoms with van der Waals surface area (Å²) in [5.41, 5.74) is 6.28. The van der Waals surface area contributed by atoms with Gasteiger partial charge in [-0.3, -0.25) is 0 Å². The van der Waals surface area contributed by atoms with Gasteiger partial charge in [0.05, 0.1) is 11.1 Å². The van der Waals surface area contributed by atoms with Crippen LogP contribution in [0.15, 0.2) is 23.1 Å². The molecule has 1 heterocycles. The van der Waals surface area contributed by atoms with Crippen molar-refractivity contribution in [3.63, 3.8) is 0 Å². The smallest absolute Gasteiger partial charge is 0.244 e. The van der Waals surface area contributed by atoms with Gasteiger partial charge in [-0.15, -0.1) is 0 Å². The lowest BCUT2D eigenvalue weighted by Crippen LogP contribution is -2.34. The molecule has 1 aromatic carbocycles. The largest absolute Gasteiger partial charge is 0.377 e. The minimum Gasteiger partial charge on any atom is -0.377 e. The summed E-state index contributed by atoms with van der Waals surface area (Å²) in [5, 5.41) is 0.210. The van der Waals surface area contributed by atoms with Crippen molar-refractivity contribution in [3.8, 4) is 0 Å². The standard InChI is InChI=1S/C13H19ClN2O3S/c1-16(9-11-3-2-6-19-11)20(17,18)13-7-10(8-15)4-5-12(13)14/h4-5,7,11H,2-3,6,8-9,15H2,1H3. The average Bonchev–Trinajstić information content (AvgIpc) is 2.92. The van der Waals surface area contributed by atoms with E-state index in [0.717, 1.165) is 18.4 Å². The summed E-state index contributed by atoms with van der Waals surface area (Å²) in [4.78, 5) is 0.0996. The number of nitrogens with two attached hydrogens (primary N) is 1. The molecule has 1 aromatic rings. The highest BCUT2D eigenvalue weighted by Gasteiger charge is 2.27.